The number of thioether (sulfide) groups is 1. The van der Waals surface area contributed by atoms with Gasteiger partial charge in [0.15, 0.2) is 0 Å². The van der Waals surface area contributed by atoms with Crippen molar-refractivity contribution in [2.75, 3.05) is 37.7 Å². The number of rotatable bonds is 11. The number of nitrogens with one attached hydrogen (secondary N) is 1. The van der Waals surface area contributed by atoms with Gasteiger partial charge in [-0.3, -0.25) is 9.59 Å². The number of sulfonamides is 1. The number of hydrogen-bond donors (Lipinski definition) is 2. The highest BCUT2D eigenvalue weighted by Crippen LogP contribution is 2.27. The molecule has 0 saturated carbocycles. The zero-order chi connectivity index (χ0) is 27.8. The number of carbonyl (C=O) groups excluding carboxylic acids is 2. The van der Waals surface area contributed by atoms with Crippen LogP contribution < -0.4 is 10.6 Å². The summed E-state index contributed by atoms with van der Waals surface area (Å²) in [5, 5.41) is 5.29. The monoisotopic (exact) mass is 575 g/mol. The van der Waals surface area contributed by atoms with Crippen molar-refractivity contribution in [3.63, 3.8) is 0 Å². The molecule has 2 aliphatic heterocycles. The average Bonchev–Trinajstić information content (AvgIpc) is 3.40. The third kappa shape index (κ3) is 7.86. The number of likely N-dealkylation sites (tertiary alicyclic amines) is 2. The topological polar surface area (TPSA) is 134 Å². The quantitative estimate of drug-likeness (QED) is 0.137. The van der Waals surface area contributed by atoms with Gasteiger partial charge in [-0.15, -0.1) is 0 Å². The van der Waals surface area contributed by atoms with Crippen LogP contribution >= 0.6 is 11.8 Å². The summed E-state index contributed by atoms with van der Waals surface area (Å²) in [5.74, 6) is 6.71. The molecular formula is C27H37N5O5S2. The molecule has 4 rings (SSSR count). The Morgan fingerprint density at radius 2 is 1.87 bits per heavy atom. The molecule has 2 atom stereocenters. The molecule has 3 N–H and O–H groups in total. The molecule has 0 aromatic heterocycles. The smallest absolute Gasteiger partial charge is 0.302 e. The number of fused-ring (bicyclic) bond motifs is 1. The fraction of sp³-hybridized carbons (Fsp3) is 0.519. The third-order valence-corrected chi connectivity index (χ3v) is 10.1. The number of hydrazone groups is 1. The number of piperidine rings is 1. The fourth-order valence-electron chi connectivity index (χ4n) is 5.15. The Balaban J connectivity index is 1.39. The van der Waals surface area contributed by atoms with E-state index in [9.17, 15) is 18.0 Å². The number of amides is 1. The van der Waals surface area contributed by atoms with Gasteiger partial charge in [-0.2, -0.15) is 21.6 Å². The summed E-state index contributed by atoms with van der Waals surface area (Å²) in [6, 6.07) is 11.1. The van der Waals surface area contributed by atoms with Crippen LogP contribution in [0.15, 0.2) is 52.5 Å². The second kappa shape index (κ2) is 13.5. The largest absolute Gasteiger partial charge is 0.464 e. The van der Waals surface area contributed by atoms with Gasteiger partial charge in [-0.25, -0.2) is 8.42 Å². The molecule has 2 aliphatic rings. The molecule has 2 heterocycles. The van der Waals surface area contributed by atoms with Gasteiger partial charge in [0.25, 0.3) is 0 Å². The van der Waals surface area contributed by atoms with E-state index in [-0.39, 0.29) is 23.5 Å². The van der Waals surface area contributed by atoms with Gasteiger partial charge < -0.3 is 20.4 Å². The molecule has 2 aromatic carbocycles. The van der Waals surface area contributed by atoms with Crippen molar-refractivity contribution in [1.29, 1.82) is 0 Å². The van der Waals surface area contributed by atoms with Gasteiger partial charge in [0.1, 0.15) is 19.0 Å². The highest BCUT2D eigenvalue weighted by molar-refractivity contribution is 7.99. The number of nitrogens with two attached hydrogens (primary N) is 1. The lowest BCUT2D eigenvalue weighted by atomic mass is 9.99. The van der Waals surface area contributed by atoms with E-state index < -0.39 is 22.0 Å². The molecule has 0 spiro atoms. The van der Waals surface area contributed by atoms with Crippen LogP contribution in [0.5, 0.6) is 0 Å². The normalized spacial score (nSPS) is 19.6. The molecule has 2 unspecified atom stereocenters. The minimum absolute atomic E-state index is 0.0111. The van der Waals surface area contributed by atoms with E-state index in [1.807, 2.05) is 36.0 Å². The molecule has 2 aromatic rings. The molecule has 212 valence electrons. The number of hydrogen-bond acceptors (Lipinski definition) is 8. The van der Waals surface area contributed by atoms with Crippen molar-refractivity contribution < 1.29 is 22.7 Å². The minimum atomic E-state index is -4.05. The lowest BCUT2D eigenvalue weighted by molar-refractivity contribution is -0.144. The highest BCUT2D eigenvalue weighted by atomic mass is 32.2. The van der Waals surface area contributed by atoms with Crippen molar-refractivity contribution in [2.45, 2.75) is 49.6 Å². The summed E-state index contributed by atoms with van der Waals surface area (Å²) in [6.45, 7) is 3.31. The predicted molar refractivity (Wildman–Crippen MR) is 154 cm³/mol. The maximum absolute atomic E-state index is 13.6. The van der Waals surface area contributed by atoms with Crippen LogP contribution in [-0.4, -0.2) is 86.3 Å². The Labute approximate surface area is 234 Å². The van der Waals surface area contributed by atoms with Crippen LogP contribution in [0.1, 0.15) is 32.6 Å². The number of carbonyl (C=O) groups is 2. The van der Waals surface area contributed by atoms with Crippen LogP contribution in [-0.2, 0) is 24.3 Å². The summed E-state index contributed by atoms with van der Waals surface area (Å²) in [5.41, 5.74) is 0. The van der Waals surface area contributed by atoms with Crippen LogP contribution in [0.4, 0.5) is 0 Å². The summed E-state index contributed by atoms with van der Waals surface area (Å²) >= 11 is 1.84. The Kier molecular flexibility index (Phi) is 10.1. The van der Waals surface area contributed by atoms with Crippen molar-refractivity contribution in [2.24, 2.45) is 16.9 Å². The lowest BCUT2D eigenvalue weighted by Gasteiger charge is -2.31. The molecular weight excluding hydrogens is 538 g/mol. The maximum atomic E-state index is 13.6. The molecule has 2 saturated heterocycles. The van der Waals surface area contributed by atoms with Crippen molar-refractivity contribution in [3.05, 3.63) is 42.5 Å². The lowest BCUT2D eigenvalue weighted by Crippen LogP contribution is -2.52. The summed E-state index contributed by atoms with van der Waals surface area (Å²) in [7, 11) is -4.05. The molecule has 10 nitrogen and oxygen atoms in total. The van der Waals surface area contributed by atoms with Crippen LogP contribution in [0.3, 0.4) is 0 Å². The van der Waals surface area contributed by atoms with Crippen LogP contribution in [0.2, 0.25) is 0 Å². The van der Waals surface area contributed by atoms with Crippen LogP contribution in [0.25, 0.3) is 10.8 Å². The van der Waals surface area contributed by atoms with Gasteiger partial charge in [0.2, 0.25) is 15.9 Å². The first-order valence-corrected chi connectivity index (χ1v) is 15.9. The number of nitrogens with zero attached hydrogens (tertiary/aromatic N) is 3. The summed E-state index contributed by atoms with van der Waals surface area (Å²) in [6.07, 6.45) is 5.56. The molecule has 1 amide bonds. The average molecular weight is 576 g/mol. The van der Waals surface area contributed by atoms with E-state index in [4.69, 9.17) is 10.6 Å². The van der Waals surface area contributed by atoms with E-state index in [0.717, 1.165) is 61.1 Å². The van der Waals surface area contributed by atoms with E-state index in [1.54, 1.807) is 23.4 Å². The molecule has 0 bridgehead atoms. The predicted octanol–water partition coefficient (Wildman–Crippen LogP) is 2.39. The second-order valence-electron chi connectivity index (χ2n) is 10.1. The maximum Gasteiger partial charge on any atom is 0.302 e. The van der Waals surface area contributed by atoms with Crippen molar-refractivity contribution in [3.8, 4) is 0 Å². The molecule has 2 fully saturated rings. The number of benzene rings is 2. The molecule has 39 heavy (non-hydrogen) atoms. The summed E-state index contributed by atoms with van der Waals surface area (Å²) in [4.78, 5) is 29.1. The Morgan fingerprint density at radius 3 is 2.59 bits per heavy atom. The highest BCUT2D eigenvalue weighted by Gasteiger charge is 2.36. The zero-order valence-corrected chi connectivity index (χ0v) is 23.8. The third-order valence-electron chi connectivity index (χ3n) is 7.28. The first-order valence-electron chi connectivity index (χ1n) is 13.3. The SMILES string of the molecule is CC(=O)OCC(NS(=O)(=O)c1ccc2ccccc2c1)C(=O)N1CCCC1CSCC1CCN(C=NN)CC1. The second-order valence-corrected chi connectivity index (χ2v) is 12.9. The van der Waals surface area contributed by atoms with E-state index >= 15 is 0 Å². The first kappa shape index (κ1) is 29.2. The fourth-order valence-corrected chi connectivity index (χ4v) is 7.78. The first-order chi connectivity index (χ1) is 18.8. The molecule has 12 heteroatoms. The zero-order valence-electron chi connectivity index (χ0n) is 22.2. The van der Waals surface area contributed by atoms with Crippen molar-refractivity contribution in [1.82, 2.24) is 14.5 Å². The van der Waals surface area contributed by atoms with Crippen molar-refractivity contribution >= 4 is 50.8 Å². The van der Waals surface area contributed by atoms with Gasteiger partial charge in [0.05, 0.1) is 4.90 Å². The van der Waals surface area contributed by atoms with Gasteiger partial charge in [-0.1, -0.05) is 30.3 Å². The van der Waals surface area contributed by atoms with Crippen LogP contribution in [0, 0.1) is 5.92 Å². The Hall–Kier alpha value is -2.83. The number of ether oxygens (including phenoxy) is 1. The summed E-state index contributed by atoms with van der Waals surface area (Å²) < 4.78 is 34.2. The van der Waals surface area contributed by atoms with E-state index in [1.165, 1.54) is 13.0 Å². The number of esters is 1. The van der Waals surface area contributed by atoms with Gasteiger partial charge in [0, 0.05) is 38.4 Å². The Morgan fingerprint density at radius 1 is 1.13 bits per heavy atom. The standard InChI is InChI=1S/C27H37N5O5S2/c1-20(33)37-16-26(30-39(35,36)25-9-8-22-5-2-3-6-23(22)15-25)27(34)32-12-4-7-24(32)18-38-17-21-10-13-31(14-11-21)19-29-28/h2-3,5-6,8-9,15,19,21,24,26,30H,4,7,10-14,16-18,28H2,1H3. The van der Waals surface area contributed by atoms with E-state index in [0.29, 0.717) is 12.5 Å². The minimum Gasteiger partial charge on any atom is -0.464 e. The molecule has 0 radical (unpaired) electrons. The van der Waals surface area contributed by atoms with Gasteiger partial charge in [-0.05, 0) is 60.3 Å². The molecule has 0 aliphatic carbocycles. The Bertz CT molecular complexity index is 1280. The van der Waals surface area contributed by atoms with Gasteiger partial charge >= 0.3 is 5.97 Å². The van der Waals surface area contributed by atoms with E-state index in [2.05, 4.69) is 14.7 Å².